The normalized spacial score (nSPS) is 21.2. The largest absolute Gasteiger partial charge is 0.469 e. The van der Waals surface area contributed by atoms with Crippen LogP contribution in [0.15, 0.2) is 12.3 Å². The quantitative estimate of drug-likeness (QED) is 0.826. The zero-order chi connectivity index (χ0) is 16.1. The van der Waals surface area contributed by atoms with Crippen LogP contribution >= 0.6 is 11.6 Å². The molecule has 1 aromatic heterocycles. The van der Waals surface area contributed by atoms with Gasteiger partial charge >= 0.3 is 5.97 Å². The summed E-state index contributed by atoms with van der Waals surface area (Å²) >= 11 is 5.85. The second-order valence-corrected chi connectivity index (χ2v) is 5.95. The average molecular weight is 326 g/mol. The number of amides is 1. The minimum atomic E-state index is -0.218. The number of nitrogens with two attached hydrogens (primary N) is 1. The van der Waals surface area contributed by atoms with Gasteiger partial charge in [-0.1, -0.05) is 11.6 Å². The molecule has 120 valence electrons. The Bertz CT molecular complexity index is 557. The third kappa shape index (κ3) is 4.10. The Labute approximate surface area is 134 Å². The minimum Gasteiger partial charge on any atom is -0.469 e. The number of ether oxygens (including phenoxy) is 1. The van der Waals surface area contributed by atoms with E-state index in [-0.39, 0.29) is 28.6 Å². The van der Waals surface area contributed by atoms with Gasteiger partial charge in [0, 0.05) is 12.7 Å². The number of aromatic nitrogens is 1. The Morgan fingerprint density at radius 1 is 1.41 bits per heavy atom. The number of methoxy groups -OCH3 is 1. The van der Waals surface area contributed by atoms with E-state index in [9.17, 15) is 9.59 Å². The fraction of sp³-hybridized carbons (Fsp3) is 0.533. The number of halogens is 1. The number of carbonyl (C=O) groups excluding carboxylic acids is 2. The maximum absolute atomic E-state index is 12.0. The Morgan fingerprint density at radius 2 is 2.09 bits per heavy atom. The number of pyridine rings is 1. The summed E-state index contributed by atoms with van der Waals surface area (Å²) in [7, 11) is 1.42. The molecule has 0 atom stereocenters. The van der Waals surface area contributed by atoms with Gasteiger partial charge in [-0.15, -0.1) is 0 Å². The fourth-order valence-electron chi connectivity index (χ4n) is 2.68. The highest BCUT2D eigenvalue weighted by atomic mass is 35.5. The second-order valence-electron chi connectivity index (χ2n) is 5.54. The maximum atomic E-state index is 12.0. The molecule has 7 heteroatoms. The Hall–Kier alpha value is -1.82. The highest BCUT2D eigenvalue weighted by molar-refractivity contribution is 6.33. The van der Waals surface area contributed by atoms with Crippen molar-refractivity contribution in [2.75, 3.05) is 19.4 Å². The molecular weight excluding hydrogens is 306 g/mol. The van der Waals surface area contributed by atoms with Gasteiger partial charge < -0.3 is 15.8 Å². The first-order valence-corrected chi connectivity index (χ1v) is 7.66. The topological polar surface area (TPSA) is 94.3 Å². The van der Waals surface area contributed by atoms with Gasteiger partial charge in [-0.25, -0.2) is 4.98 Å². The zero-order valence-corrected chi connectivity index (χ0v) is 13.2. The standard InChI is InChI=1S/C15H20ClN3O3/c1-22-15(21)10-4-2-9(3-5-10)7-19-14(20)11-6-12(16)13(17)18-8-11/h6,8-10H,2-5,7H2,1H3,(H2,17,18)(H,19,20). The minimum absolute atomic E-state index is 0.00273. The van der Waals surface area contributed by atoms with Gasteiger partial charge in [-0.2, -0.15) is 0 Å². The van der Waals surface area contributed by atoms with Crippen molar-refractivity contribution in [3.63, 3.8) is 0 Å². The van der Waals surface area contributed by atoms with Crippen molar-refractivity contribution in [1.29, 1.82) is 0 Å². The van der Waals surface area contributed by atoms with E-state index >= 15 is 0 Å². The lowest BCUT2D eigenvalue weighted by molar-refractivity contribution is -0.146. The van der Waals surface area contributed by atoms with Crippen molar-refractivity contribution in [2.45, 2.75) is 25.7 Å². The first kappa shape index (κ1) is 16.5. The average Bonchev–Trinajstić information content (AvgIpc) is 2.54. The first-order chi connectivity index (χ1) is 10.5. The molecule has 1 aliphatic rings. The van der Waals surface area contributed by atoms with Gasteiger partial charge in [0.25, 0.3) is 5.91 Å². The van der Waals surface area contributed by atoms with Crippen molar-refractivity contribution < 1.29 is 14.3 Å². The van der Waals surface area contributed by atoms with Crippen LogP contribution in [0.4, 0.5) is 5.82 Å². The Balaban J connectivity index is 1.80. The molecule has 0 saturated heterocycles. The van der Waals surface area contributed by atoms with E-state index in [2.05, 4.69) is 10.3 Å². The molecule has 0 aromatic carbocycles. The number of hydrogen-bond donors (Lipinski definition) is 2. The Kier molecular flexibility index (Phi) is 5.60. The zero-order valence-electron chi connectivity index (χ0n) is 12.5. The molecule has 1 saturated carbocycles. The molecule has 1 aliphatic carbocycles. The third-order valence-electron chi connectivity index (χ3n) is 4.06. The van der Waals surface area contributed by atoms with E-state index in [1.54, 1.807) is 0 Å². The molecule has 1 heterocycles. The first-order valence-electron chi connectivity index (χ1n) is 7.28. The molecule has 0 spiro atoms. The van der Waals surface area contributed by atoms with E-state index in [0.29, 0.717) is 18.0 Å². The lowest BCUT2D eigenvalue weighted by atomic mass is 9.82. The van der Waals surface area contributed by atoms with Crippen molar-refractivity contribution in [1.82, 2.24) is 10.3 Å². The fourth-order valence-corrected chi connectivity index (χ4v) is 2.85. The highest BCUT2D eigenvalue weighted by Crippen LogP contribution is 2.29. The van der Waals surface area contributed by atoms with E-state index in [0.717, 1.165) is 25.7 Å². The molecule has 1 fully saturated rings. The van der Waals surface area contributed by atoms with Crippen LogP contribution in [0.1, 0.15) is 36.0 Å². The van der Waals surface area contributed by atoms with E-state index in [4.69, 9.17) is 22.1 Å². The predicted octanol–water partition coefficient (Wildman–Crippen LogP) is 2.03. The molecule has 0 radical (unpaired) electrons. The lowest BCUT2D eigenvalue weighted by Gasteiger charge is -2.26. The lowest BCUT2D eigenvalue weighted by Crippen LogP contribution is -2.32. The van der Waals surface area contributed by atoms with Gasteiger partial charge in [-0.05, 0) is 37.7 Å². The van der Waals surface area contributed by atoms with Crippen LogP contribution in [-0.4, -0.2) is 30.5 Å². The SMILES string of the molecule is COC(=O)C1CCC(CNC(=O)c2cnc(N)c(Cl)c2)CC1. The summed E-state index contributed by atoms with van der Waals surface area (Å²) in [5.74, 6) is 0.230. The smallest absolute Gasteiger partial charge is 0.308 e. The van der Waals surface area contributed by atoms with Crippen molar-refractivity contribution >= 4 is 29.3 Å². The molecule has 22 heavy (non-hydrogen) atoms. The van der Waals surface area contributed by atoms with Gasteiger partial charge in [0.05, 0.1) is 23.6 Å². The summed E-state index contributed by atoms with van der Waals surface area (Å²) in [6.07, 6.45) is 4.83. The number of nitrogens with zero attached hydrogens (tertiary/aromatic N) is 1. The van der Waals surface area contributed by atoms with Crippen LogP contribution in [0.5, 0.6) is 0 Å². The highest BCUT2D eigenvalue weighted by Gasteiger charge is 2.27. The number of hydrogen-bond acceptors (Lipinski definition) is 5. The summed E-state index contributed by atoms with van der Waals surface area (Å²) in [5.41, 5.74) is 5.91. The van der Waals surface area contributed by atoms with Crippen LogP contribution in [0.3, 0.4) is 0 Å². The van der Waals surface area contributed by atoms with Gasteiger partial charge in [0.15, 0.2) is 0 Å². The molecule has 0 bridgehead atoms. The monoisotopic (exact) mass is 325 g/mol. The number of rotatable bonds is 4. The summed E-state index contributed by atoms with van der Waals surface area (Å²) in [4.78, 5) is 27.4. The summed E-state index contributed by atoms with van der Waals surface area (Å²) in [6, 6.07) is 1.51. The van der Waals surface area contributed by atoms with Crippen LogP contribution in [-0.2, 0) is 9.53 Å². The number of anilines is 1. The predicted molar refractivity (Wildman–Crippen MR) is 83.5 cm³/mol. The van der Waals surface area contributed by atoms with Crippen LogP contribution in [0, 0.1) is 11.8 Å². The summed E-state index contributed by atoms with van der Waals surface area (Å²) in [6.45, 7) is 0.578. The number of nitrogen functional groups attached to an aromatic ring is 1. The number of nitrogens with one attached hydrogen (secondary N) is 1. The maximum Gasteiger partial charge on any atom is 0.308 e. The van der Waals surface area contributed by atoms with E-state index in [1.165, 1.54) is 19.4 Å². The summed E-state index contributed by atoms with van der Waals surface area (Å²) in [5, 5.41) is 3.15. The van der Waals surface area contributed by atoms with Crippen molar-refractivity contribution in [3.05, 3.63) is 22.8 Å². The Morgan fingerprint density at radius 3 is 2.68 bits per heavy atom. The van der Waals surface area contributed by atoms with Crippen LogP contribution < -0.4 is 11.1 Å². The molecule has 0 aliphatic heterocycles. The molecule has 2 rings (SSSR count). The van der Waals surface area contributed by atoms with Crippen LogP contribution in [0.2, 0.25) is 5.02 Å². The van der Waals surface area contributed by atoms with Gasteiger partial charge in [0.2, 0.25) is 0 Å². The molecule has 3 N–H and O–H groups in total. The molecular formula is C15H20ClN3O3. The molecule has 0 unspecified atom stereocenters. The van der Waals surface area contributed by atoms with Crippen LogP contribution in [0.25, 0.3) is 0 Å². The second kappa shape index (κ2) is 7.45. The molecule has 1 amide bonds. The van der Waals surface area contributed by atoms with E-state index in [1.807, 2.05) is 0 Å². The number of esters is 1. The van der Waals surface area contributed by atoms with Gasteiger partial charge in [-0.3, -0.25) is 9.59 Å². The van der Waals surface area contributed by atoms with Gasteiger partial charge in [0.1, 0.15) is 5.82 Å². The van der Waals surface area contributed by atoms with Crippen molar-refractivity contribution in [3.8, 4) is 0 Å². The molecule has 1 aromatic rings. The summed E-state index contributed by atoms with van der Waals surface area (Å²) < 4.78 is 4.76. The molecule has 6 nitrogen and oxygen atoms in total. The van der Waals surface area contributed by atoms with Crippen molar-refractivity contribution in [2.24, 2.45) is 11.8 Å². The third-order valence-corrected chi connectivity index (χ3v) is 4.37. The number of carbonyl (C=O) groups is 2. The van der Waals surface area contributed by atoms with E-state index < -0.39 is 0 Å².